The summed E-state index contributed by atoms with van der Waals surface area (Å²) in [4.78, 5) is 5.72. The lowest BCUT2D eigenvalue weighted by atomic mass is 10.1. The van der Waals surface area contributed by atoms with Gasteiger partial charge in [-0.2, -0.15) is 0 Å². The summed E-state index contributed by atoms with van der Waals surface area (Å²) in [6.07, 6.45) is 4.76. The molecule has 20 heavy (non-hydrogen) atoms. The molecule has 2 aliphatic heterocycles. The minimum Gasteiger partial charge on any atom is -0.363 e. The van der Waals surface area contributed by atoms with Crippen molar-refractivity contribution in [1.82, 2.24) is 19.9 Å². The lowest BCUT2D eigenvalue weighted by Gasteiger charge is -2.20. The first-order valence-electron chi connectivity index (χ1n) is 7.18. The van der Waals surface area contributed by atoms with E-state index in [4.69, 9.17) is 0 Å². The van der Waals surface area contributed by atoms with Crippen molar-refractivity contribution in [1.29, 1.82) is 0 Å². The summed E-state index contributed by atoms with van der Waals surface area (Å²) in [7, 11) is -1.58. The van der Waals surface area contributed by atoms with Crippen LogP contribution in [0.5, 0.6) is 0 Å². The maximum absolute atomic E-state index is 12.4. The first kappa shape index (κ1) is 14.1. The summed E-state index contributed by atoms with van der Waals surface area (Å²) in [6, 6.07) is 2.14. The number of hydrogen-bond donors (Lipinski definition) is 3. The van der Waals surface area contributed by atoms with E-state index in [-0.39, 0.29) is 6.04 Å². The van der Waals surface area contributed by atoms with Gasteiger partial charge in [0.15, 0.2) is 0 Å². The van der Waals surface area contributed by atoms with Crippen molar-refractivity contribution in [3.63, 3.8) is 0 Å². The molecule has 0 aliphatic carbocycles. The van der Waals surface area contributed by atoms with Crippen LogP contribution in [-0.4, -0.2) is 50.5 Å². The van der Waals surface area contributed by atoms with Crippen LogP contribution in [0.15, 0.2) is 17.2 Å². The van der Waals surface area contributed by atoms with Crippen molar-refractivity contribution in [2.45, 2.75) is 42.8 Å². The molecule has 1 aromatic rings. The lowest BCUT2D eigenvalue weighted by Crippen LogP contribution is -2.42. The van der Waals surface area contributed by atoms with Gasteiger partial charge in [-0.3, -0.25) is 4.90 Å². The van der Waals surface area contributed by atoms with Gasteiger partial charge in [-0.05, 0) is 38.9 Å². The Hall–Kier alpha value is -0.890. The van der Waals surface area contributed by atoms with Crippen LogP contribution in [0.3, 0.4) is 0 Å². The number of aromatic nitrogens is 1. The second kappa shape index (κ2) is 5.48. The molecule has 6 nitrogen and oxygen atoms in total. The van der Waals surface area contributed by atoms with Gasteiger partial charge in [-0.25, -0.2) is 13.1 Å². The molecule has 3 heterocycles. The van der Waals surface area contributed by atoms with Gasteiger partial charge in [0.1, 0.15) is 0 Å². The van der Waals surface area contributed by atoms with E-state index in [1.54, 1.807) is 12.3 Å². The highest BCUT2D eigenvalue weighted by molar-refractivity contribution is 7.89. The number of H-pyrrole nitrogens is 1. The van der Waals surface area contributed by atoms with Gasteiger partial charge < -0.3 is 10.3 Å². The van der Waals surface area contributed by atoms with Crippen molar-refractivity contribution in [2.24, 2.45) is 0 Å². The van der Waals surface area contributed by atoms with Crippen LogP contribution in [0.4, 0.5) is 0 Å². The third-order valence-corrected chi connectivity index (χ3v) is 5.78. The summed E-state index contributed by atoms with van der Waals surface area (Å²) in [5, 5.41) is 3.00. The van der Waals surface area contributed by atoms with Crippen LogP contribution < -0.4 is 10.0 Å². The van der Waals surface area contributed by atoms with Crippen LogP contribution in [0.25, 0.3) is 0 Å². The first-order chi connectivity index (χ1) is 9.60. The topological polar surface area (TPSA) is 77.2 Å². The zero-order valence-electron chi connectivity index (χ0n) is 11.7. The molecule has 112 valence electrons. The molecule has 2 fully saturated rings. The van der Waals surface area contributed by atoms with Crippen molar-refractivity contribution in [3.05, 3.63) is 18.0 Å². The van der Waals surface area contributed by atoms with Gasteiger partial charge in [0.25, 0.3) is 0 Å². The Balaban J connectivity index is 1.71. The number of rotatable bonds is 5. The Bertz CT molecular complexity index is 569. The van der Waals surface area contributed by atoms with Gasteiger partial charge in [0.2, 0.25) is 10.0 Å². The molecule has 2 unspecified atom stereocenters. The summed E-state index contributed by atoms with van der Waals surface area (Å²) >= 11 is 0. The van der Waals surface area contributed by atoms with Crippen molar-refractivity contribution >= 4 is 10.0 Å². The molecule has 2 saturated heterocycles. The van der Waals surface area contributed by atoms with Crippen LogP contribution in [-0.2, 0) is 16.6 Å². The second-order valence-corrected chi connectivity index (χ2v) is 7.37. The number of nitrogens with zero attached hydrogens (tertiary/aromatic N) is 1. The average molecular weight is 298 g/mol. The van der Waals surface area contributed by atoms with Crippen LogP contribution in [0.1, 0.15) is 25.0 Å². The molecule has 0 spiro atoms. The summed E-state index contributed by atoms with van der Waals surface area (Å²) < 4.78 is 27.7. The third kappa shape index (κ3) is 2.63. The highest BCUT2D eigenvalue weighted by Crippen LogP contribution is 2.29. The van der Waals surface area contributed by atoms with E-state index in [0.717, 1.165) is 31.6 Å². The number of aromatic amines is 1. The Labute approximate surface area is 120 Å². The Morgan fingerprint density at radius 2 is 2.25 bits per heavy atom. The Morgan fingerprint density at radius 1 is 1.40 bits per heavy atom. The van der Waals surface area contributed by atoms with E-state index >= 15 is 0 Å². The van der Waals surface area contributed by atoms with Gasteiger partial charge in [0, 0.05) is 37.1 Å². The minimum atomic E-state index is -3.42. The molecule has 0 aromatic carbocycles. The number of nitrogens with one attached hydrogen (secondary N) is 3. The van der Waals surface area contributed by atoms with Crippen molar-refractivity contribution in [3.8, 4) is 0 Å². The van der Waals surface area contributed by atoms with Gasteiger partial charge in [0.05, 0.1) is 4.90 Å². The second-order valence-electron chi connectivity index (χ2n) is 5.65. The molecule has 0 radical (unpaired) electrons. The predicted molar refractivity (Wildman–Crippen MR) is 76.9 cm³/mol. The average Bonchev–Trinajstić information content (AvgIpc) is 3.07. The molecule has 2 aliphatic rings. The summed E-state index contributed by atoms with van der Waals surface area (Å²) in [6.45, 7) is 2.75. The zero-order valence-corrected chi connectivity index (χ0v) is 12.5. The molecular formula is C13H22N4O2S. The first-order valence-corrected chi connectivity index (χ1v) is 8.67. The molecule has 3 N–H and O–H groups in total. The smallest absolute Gasteiger partial charge is 0.242 e. The number of hydrogen-bond acceptors (Lipinski definition) is 4. The number of sulfonamides is 1. The molecule has 7 heteroatoms. The summed E-state index contributed by atoms with van der Waals surface area (Å²) in [5.41, 5.74) is 0.877. The van der Waals surface area contributed by atoms with E-state index in [1.807, 2.05) is 7.05 Å². The quantitative estimate of drug-likeness (QED) is 0.728. The van der Waals surface area contributed by atoms with Crippen LogP contribution in [0, 0.1) is 0 Å². The van der Waals surface area contributed by atoms with E-state index in [0.29, 0.717) is 17.5 Å². The monoisotopic (exact) mass is 298 g/mol. The van der Waals surface area contributed by atoms with Crippen molar-refractivity contribution < 1.29 is 8.42 Å². The van der Waals surface area contributed by atoms with E-state index in [1.165, 1.54) is 6.42 Å². The van der Waals surface area contributed by atoms with E-state index in [9.17, 15) is 8.42 Å². The molecule has 0 amide bonds. The lowest BCUT2D eigenvalue weighted by molar-refractivity contribution is 0.309. The molecule has 2 atom stereocenters. The van der Waals surface area contributed by atoms with Crippen LogP contribution in [0.2, 0.25) is 0 Å². The fraction of sp³-hybridized carbons (Fsp3) is 0.692. The van der Waals surface area contributed by atoms with E-state index in [2.05, 4.69) is 19.9 Å². The maximum Gasteiger partial charge on any atom is 0.242 e. The zero-order chi connectivity index (χ0) is 14.2. The normalized spacial score (nSPS) is 27.1. The summed E-state index contributed by atoms with van der Waals surface area (Å²) in [5.74, 6) is 0. The van der Waals surface area contributed by atoms with Crippen LogP contribution >= 0.6 is 0 Å². The molecular weight excluding hydrogens is 276 g/mol. The standard InChI is InChI=1S/C13H22N4O2S/c1-14-8-10-7-11(9-15-10)20(18,19)16-12-4-6-17-5-2-3-13(12)17/h7,9,12-16H,2-6,8H2,1H3. The maximum atomic E-state index is 12.4. The number of fused-ring (bicyclic) bond motifs is 1. The minimum absolute atomic E-state index is 0.0603. The molecule has 1 aromatic heterocycles. The van der Waals surface area contributed by atoms with E-state index < -0.39 is 10.0 Å². The SMILES string of the molecule is CNCc1cc(S(=O)(=O)NC2CCN3CCCC23)c[nH]1. The fourth-order valence-electron chi connectivity index (χ4n) is 3.35. The Kier molecular flexibility index (Phi) is 3.85. The highest BCUT2D eigenvalue weighted by Gasteiger charge is 2.39. The fourth-order valence-corrected chi connectivity index (χ4v) is 4.67. The molecule has 0 bridgehead atoms. The van der Waals surface area contributed by atoms with Gasteiger partial charge in [-0.1, -0.05) is 0 Å². The largest absolute Gasteiger partial charge is 0.363 e. The predicted octanol–water partition coefficient (Wildman–Crippen LogP) is 0.249. The molecule has 0 saturated carbocycles. The van der Waals surface area contributed by atoms with Gasteiger partial charge in [-0.15, -0.1) is 0 Å². The van der Waals surface area contributed by atoms with Crippen molar-refractivity contribution in [2.75, 3.05) is 20.1 Å². The Morgan fingerprint density at radius 3 is 3.05 bits per heavy atom. The molecule has 3 rings (SSSR count). The van der Waals surface area contributed by atoms with Gasteiger partial charge >= 0.3 is 0 Å². The third-order valence-electron chi connectivity index (χ3n) is 4.31. The highest BCUT2D eigenvalue weighted by atomic mass is 32.2.